The van der Waals surface area contributed by atoms with Gasteiger partial charge in [-0.2, -0.15) is 0 Å². The molecular weight excluding hydrogens is 337 g/mol. The van der Waals surface area contributed by atoms with Gasteiger partial charge in [0.25, 0.3) is 5.91 Å². The van der Waals surface area contributed by atoms with Crippen molar-refractivity contribution in [1.29, 1.82) is 0 Å². The van der Waals surface area contributed by atoms with Gasteiger partial charge in [0, 0.05) is 28.7 Å². The molecule has 4 nitrogen and oxygen atoms in total. The largest absolute Gasteiger partial charge is 0.375 e. The van der Waals surface area contributed by atoms with E-state index in [9.17, 15) is 9.18 Å². The molecule has 0 spiro atoms. The van der Waals surface area contributed by atoms with Crippen LogP contribution in [0.4, 0.5) is 15.2 Å². The zero-order valence-electron chi connectivity index (χ0n) is 13.4. The second-order valence-electron chi connectivity index (χ2n) is 5.98. The molecule has 1 amide bonds. The fraction of sp³-hybridized carbons (Fsp3) is 0.158. The molecule has 3 aromatic rings. The van der Waals surface area contributed by atoms with Crippen LogP contribution < -0.4 is 10.6 Å². The number of hydrogen-bond acceptors (Lipinski definition) is 4. The topological polar surface area (TPSA) is 59.2 Å². The van der Waals surface area contributed by atoms with Crippen LogP contribution in [0.5, 0.6) is 0 Å². The summed E-state index contributed by atoms with van der Waals surface area (Å²) in [4.78, 5) is 18.9. The number of carbonyl (C=O) groups is 1. The van der Waals surface area contributed by atoms with E-state index in [4.69, 9.17) is 5.73 Å². The van der Waals surface area contributed by atoms with Crippen LogP contribution in [0, 0.1) is 5.82 Å². The maximum absolute atomic E-state index is 13.1. The summed E-state index contributed by atoms with van der Waals surface area (Å²) in [6.07, 6.45) is 1.80. The van der Waals surface area contributed by atoms with Crippen LogP contribution in [0.3, 0.4) is 0 Å². The van der Waals surface area contributed by atoms with Crippen molar-refractivity contribution in [1.82, 2.24) is 4.98 Å². The summed E-state index contributed by atoms with van der Waals surface area (Å²) in [6.45, 7) is 0.659. The molecule has 2 N–H and O–H groups in total. The molecule has 1 aliphatic heterocycles. The smallest absolute Gasteiger partial charge is 0.258 e. The summed E-state index contributed by atoms with van der Waals surface area (Å²) in [7, 11) is 0. The molecule has 25 heavy (non-hydrogen) atoms. The summed E-state index contributed by atoms with van der Waals surface area (Å²) >= 11 is 1.41. The minimum Gasteiger partial charge on any atom is -0.375 e. The number of halogens is 1. The van der Waals surface area contributed by atoms with Crippen molar-refractivity contribution < 1.29 is 9.18 Å². The number of fused-ring (bicyclic) bond motifs is 1. The van der Waals surface area contributed by atoms with E-state index in [1.54, 1.807) is 4.90 Å². The van der Waals surface area contributed by atoms with Crippen molar-refractivity contribution >= 4 is 28.1 Å². The van der Waals surface area contributed by atoms with Gasteiger partial charge < -0.3 is 10.6 Å². The van der Waals surface area contributed by atoms with E-state index < -0.39 is 0 Å². The molecular formula is C19H16FN3OS. The highest BCUT2D eigenvalue weighted by Crippen LogP contribution is 2.33. The van der Waals surface area contributed by atoms with Crippen LogP contribution in [0.1, 0.15) is 22.3 Å². The van der Waals surface area contributed by atoms with Gasteiger partial charge in [-0.3, -0.25) is 4.79 Å². The van der Waals surface area contributed by atoms with Gasteiger partial charge in [0.05, 0.1) is 5.69 Å². The van der Waals surface area contributed by atoms with Crippen molar-refractivity contribution in [2.45, 2.75) is 12.8 Å². The summed E-state index contributed by atoms with van der Waals surface area (Å²) in [5.74, 6) is -0.450. The van der Waals surface area contributed by atoms with Crippen molar-refractivity contribution in [3.8, 4) is 11.3 Å². The monoisotopic (exact) mass is 353 g/mol. The number of aryl methyl sites for hydroxylation is 1. The molecule has 0 fully saturated rings. The van der Waals surface area contributed by atoms with Crippen molar-refractivity contribution in [3.63, 3.8) is 0 Å². The Balaban J connectivity index is 1.68. The van der Waals surface area contributed by atoms with Gasteiger partial charge in [0.1, 0.15) is 5.82 Å². The number of aromatic nitrogens is 1. The Morgan fingerprint density at radius 3 is 2.72 bits per heavy atom. The third kappa shape index (κ3) is 3.00. The Hall–Kier alpha value is -2.73. The fourth-order valence-electron chi connectivity index (χ4n) is 3.14. The molecule has 0 atom stereocenters. The number of rotatable bonds is 2. The normalized spacial score (nSPS) is 13.6. The molecule has 0 saturated carbocycles. The highest BCUT2D eigenvalue weighted by atomic mass is 32.1. The van der Waals surface area contributed by atoms with Gasteiger partial charge in [-0.05, 0) is 54.8 Å². The van der Waals surface area contributed by atoms with Gasteiger partial charge in [0.2, 0.25) is 0 Å². The van der Waals surface area contributed by atoms with Crippen LogP contribution in [-0.2, 0) is 6.42 Å². The first-order valence-corrected chi connectivity index (χ1v) is 8.91. The van der Waals surface area contributed by atoms with Gasteiger partial charge in [0.15, 0.2) is 5.13 Å². The second kappa shape index (κ2) is 6.29. The maximum atomic E-state index is 13.1. The quantitative estimate of drug-likeness (QED) is 0.754. The molecule has 0 radical (unpaired) electrons. The number of carbonyl (C=O) groups excluding carboxylic acids is 1. The third-order valence-corrected chi connectivity index (χ3v) is 5.03. The molecule has 126 valence electrons. The Kier molecular flexibility index (Phi) is 3.97. The van der Waals surface area contributed by atoms with Crippen LogP contribution in [0.25, 0.3) is 11.3 Å². The van der Waals surface area contributed by atoms with Crippen molar-refractivity contribution in [3.05, 3.63) is 64.8 Å². The van der Waals surface area contributed by atoms with E-state index in [2.05, 4.69) is 11.1 Å². The number of nitrogen functional groups attached to an aromatic ring is 1. The highest BCUT2D eigenvalue weighted by Gasteiger charge is 2.24. The minimum absolute atomic E-state index is 0.105. The zero-order chi connectivity index (χ0) is 17.4. The molecule has 2 aromatic carbocycles. The number of amides is 1. The molecule has 6 heteroatoms. The van der Waals surface area contributed by atoms with E-state index in [1.165, 1.54) is 35.6 Å². The predicted molar refractivity (Wildman–Crippen MR) is 98.4 cm³/mol. The molecule has 0 saturated heterocycles. The molecule has 4 rings (SSSR count). The SMILES string of the molecule is Nc1nc(-c2ccc3c(c2)CCCN3C(=O)c2ccc(F)cc2)cs1. The van der Waals surface area contributed by atoms with Crippen molar-refractivity contribution in [2.75, 3.05) is 17.2 Å². The van der Waals surface area contributed by atoms with Gasteiger partial charge in [-0.15, -0.1) is 11.3 Å². The fourth-order valence-corrected chi connectivity index (χ4v) is 3.71. The Morgan fingerprint density at radius 1 is 1.20 bits per heavy atom. The van der Waals surface area contributed by atoms with Gasteiger partial charge in [-0.1, -0.05) is 6.07 Å². The number of nitrogens with zero attached hydrogens (tertiary/aromatic N) is 2. The third-order valence-electron chi connectivity index (χ3n) is 4.35. The van der Waals surface area contributed by atoms with Gasteiger partial charge >= 0.3 is 0 Å². The standard InChI is InChI=1S/C19H16FN3OS/c20-15-6-3-12(4-7-15)18(24)23-9-1-2-14-10-13(5-8-17(14)23)16-11-25-19(21)22-16/h3-8,10-11H,1-2,9H2,(H2,21,22). The van der Waals surface area contributed by atoms with E-state index in [1.807, 2.05) is 17.5 Å². The molecule has 2 heterocycles. The van der Waals surface area contributed by atoms with E-state index in [0.717, 1.165) is 35.3 Å². The Bertz CT molecular complexity index is 936. The Labute approximate surface area is 148 Å². The lowest BCUT2D eigenvalue weighted by Gasteiger charge is -2.30. The number of benzene rings is 2. The summed E-state index contributed by atoms with van der Waals surface area (Å²) < 4.78 is 13.1. The summed E-state index contributed by atoms with van der Waals surface area (Å²) in [5.41, 5.74) is 10.1. The first kappa shape index (κ1) is 15.8. The number of thiazole rings is 1. The number of anilines is 2. The number of nitrogens with two attached hydrogens (primary N) is 1. The summed E-state index contributed by atoms with van der Waals surface area (Å²) in [5, 5.41) is 2.47. The highest BCUT2D eigenvalue weighted by molar-refractivity contribution is 7.13. The lowest BCUT2D eigenvalue weighted by atomic mass is 9.97. The predicted octanol–water partition coefficient (Wildman–Crippen LogP) is 4.12. The average molecular weight is 353 g/mol. The van der Waals surface area contributed by atoms with Crippen LogP contribution in [-0.4, -0.2) is 17.4 Å². The second-order valence-corrected chi connectivity index (χ2v) is 6.87. The molecule has 0 unspecified atom stereocenters. The molecule has 1 aliphatic rings. The van der Waals surface area contributed by atoms with Crippen molar-refractivity contribution in [2.24, 2.45) is 0 Å². The van der Waals surface area contributed by atoms with Crippen LogP contribution in [0.15, 0.2) is 47.8 Å². The van der Waals surface area contributed by atoms with E-state index >= 15 is 0 Å². The maximum Gasteiger partial charge on any atom is 0.258 e. The number of hydrogen-bond donors (Lipinski definition) is 1. The molecule has 1 aromatic heterocycles. The average Bonchev–Trinajstić information content (AvgIpc) is 3.07. The van der Waals surface area contributed by atoms with Gasteiger partial charge in [-0.25, -0.2) is 9.37 Å². The van der Waals surface area contributed by atoms with Crippen LogP contribution >= 0.6 is 11.3 Å². The zero-order valence-corrected chi connectivity index (χ0v) is 14.2. The van der Waals surface area contributed by atoms with E-state index in [0.29, 0.717) is 17.2 Å². The minimum atomic E-state index is -0.345. The van der Waals surface area contributed by atoms with E-state index in [-0.39, 0.29) is 11.7 Å². The lowest BCUT2D eigenvalue weighted by Crippen LogP contribution is -2.35. The summed E-state index contributed by atoms with van der Waals surface area (Å²) in [6, 6.07) is 11.7. The molecule has 0 bridgehead atoms. The Morgan fingerprint density at radius 2 is 2.00 bits per heavy atom. The lowest BCUT2D eigenvalue weighted by molar-refractivity contribution is 0.0985. The first-order valence-electron chi connectivity index (χ1n) is 8.03. The first-order chi connectivity index (χ1) is 12.1. The molecule has 0 aliphatic carbocycles. The van der Waals surface area contributed by atoms with Crippen LogP contribution in [0.2, 0.25) is 0 Å².